The summed E-state index contributed by atoms with van der Waals surface area (Å²) in [6, 6.07) is 8.11. The van der Waals surface area contributed by atoms with Crippen LogP contribution in [0.5, 0.6) is 0 Å². The van der Waals surface area contributed by atoms with Gasteiger partial charge in [0.1, 0.15) is 5.00 Å². The molecular formula is C23H29N5O3S2. The van der Waals surface area contributed by atoms with Gasteiger partial charge in [0.05, 0.1) is 17.9 Å². The maximum Gasteiger partial charge on any atom is 0.341 e. The zero-order valence-electron chi connectivity index (χ0n) is 19.8. The Hall–Kier alpha value is -2.85. The van der Waals surface area contributed by atoms with E-state index in [1.807, 2.05) is 68.6 Å². The maximum absolute atomic E-state index is 12.7. The second-order valence-corrected chi connectivity index (χ2v) is 9.70. The van der Waals surface area contributed by atoms with E-state index in [0.717, 1.165) is 27.5 Å². The highest BCUT2D eigenvalue weighted by Gasteiger charge is 2.22. The van der Waals surface area contributed by atoms with E-state index >= 15 is 0 Å². The summed E-state index contributed by atoms with van der Waals surface area (Å²) >= 11 is 2.69. The molecule has 2 aromatic heterocycles. The van der Waals surface area contributed by atoms with Crippen LogP contribution in [0.1, 0.15) is 34.6 Å². The molecule has 0 spiro atoms. The topological polar surface area (TPSA) is 89.3 Å². The molecule has 0 saturated carbocycles. The number of nitrogens with zero attached hydrogens (tertiary/aromatic N) is 4. The molecule has 0 aliphatic carbocycles. The summed E-state index contributed by atoms with van der Waals surface area (Å²) in [6.07, 6.45) is 0. The molecule has 0 radical (unpaired) electrons. The molecule has 1 aromatic carbocycles. The van der Waals surface area contributed by atoms with Crippen LogP contribution in [0, 0.1) is 13.8 Å². The largest absolute Gasteiger partial charge is 0.462 e. The van der Waals surface area contributed by atoms with Crippen molar-refractivity contribution in [3.63, 3.8) is 0 Å². The van der Waals surface area contributed by atoms with Crippen molar-refractivity contribution in [1.29, 1.82) is 0 Å². The summed E-state index contributed by atoms with van der Waals surface area (Å²) in [5.41, 5.74) is 3.33. The molecule has 3 aromatic rings. The zero-order valence-corrected chi connectivity index (χ0v) is 21.4. The summed E-state index contributed by atoms with van der Waals surface area (Å²) in [4.78, 5) is 28.0. The molecule has 0 saturated heterocycles. The molecule has 176 valence electrons. The van der Waals surface area contributed by atoms with Gasteiger partial charge in [-0.05, 0) is 57.5 Å². The molecule has 3 rings (SSSR count). The number of nitrogens with one attached hydrogen (secondary N) is 1. The fourth-order valence-corrected chi connectivity index (χ4v) is 5.13. The number of hydrogen-bond acceptors (Lipinski definition) is 8. The number of carbonyl (C=O) groups is 2. The first-order valence-electron chi connectivity index (χ1n) is 10.7. The number of thioether (sulfide) groups is 1. The van der Waals surface area contributed by atoms with Gasteiger partial charge in [-0.25, -0.2) is 4.79 Å². The van der Waals surface area contributed by atoms with Gasteiger partial charge in [0.15, 0.2) is 11.0 Å². The van der Waals surface area contributed by atoms with Crippen molar-refractivity contribution in [2.75, 3.05) is 36.7 Å². The van der Waals surface area contributed by atoms with Crippen molar-refractivity contribution in [2.24, 2.45) is 0 Å². The van der Waals surface area contributed by atoms with Gasteiger partial charge >= 0.3 is 5.97 Å². The lowest BCUT2D eigenvalue weighted by atomic mass is 10.1. The lowest BCUT2D eigenvalue weighted by molar-refractivity contribution is -0.113. The van der Waals surface area contributed by atoms with Crippen LogP contribution in [0.4, 0.5) is 10.7 Å². The van der Waals surface area contributed by atoms with E-state index in [1.54, 1.807) is 6.92 Å². The van der Waals surface area contributed by atoms with Crippen LogP contribution in [0.2, 0.25) is 0 Å². The highest BCUT2D eigenvalue weighted by Crippen LogP contribution is 2.33. The minimum atomic E-state index is -0.419. The predicted octanol–water partition coefficient (Wildman–Crippen LogP) is 4.62. The third-order valence-electron chi connectivity index (χ3n) is 5.13. The highest BCUT2D eigenvalue weighted by atomic mass is 32.2. The van der Waals surface area contributed by atoms with Crippen molar-refractivity contribution in [1.82, 2.24) is 14.8 Å². The monoisotopic (exact) mass is 487 g/mol. The second kappa shape index (κ2) is 10.8. The first-order valence-corrected chi connectivity index (χ1v) is 12.5. The summed E-state index contributed by atoms with van der Waals surface area (Å²) < 4.78 is 7.15. The van der Waals surface area contributed by atoms with E-state index in [-0.39, 0.29) is 18.3 Å². The quantitative estimate of drug-likeness (QED) is 0.348. The van der Waals surface area contributed by atoms with Gasteiger partial charge in [-0.1, -0.05) is 11.8 Å². The van der Waals surface area contributed by atoms with Gasteiger partial charge < -0.3 is 19.5 Å². The number of ether oxygens (including phenoxy) is 1. The molecule has 0 aliphatic heterocycles. The number of carbonyl (C=O) groups excluding carboxylic acids is 2. The van der Waals surface area contributed by atoms with Crippen LogP contribution in [0.25, 0.3) is 11.4 Å². The molecule has 1 amide bonds. The normalized spacial score (nSPS) is 10.8. The molecule has 1 N–H and O–H groups in total. The molecule has 0 aliphatic rings. The average Bonchev–Trinajstić information content (AvgIpc) is 3.32. The summed E-state index contributed by atoms with van der Waals surface area (Å²) in [7, 11) is 4.00. The van der Waals surface area contributed by atoms with Crippen LogP contribution in [0.3, 0.4) is 0 Å². The van der Waals surface area contributed by atoms with Crippen LogP contribution >= 0.6 is 23.1 Å². The molecule has 2 heterocycles. The van der Waals surface area contributed by atoms with Crippen LogP contribution in [0.15, 0.2) is 29.4 Å². The Morgan fingerprint density at radius 2 is 1.85 bits per heavy atom. The Balaban J connectivity index is 1.71. The van der Waals surface area contributed by atoms with Gasteiger partial charge in [-0.15, -0.1) is 21.5 Å². The number of thiophene rings is 1. The number of esters is 1. The predicted molar refractivity (Wildman–Crippen MR) is 135 cm³/mol. The van der Waals surface area contributed by atoms with Crippen LogP contribution < -0.4 is 10.2 Å². The Labute approximate surface area is 202 Å². The Morgan fingerprint density at radius 1 is 1.15 bits per heavy atom. The van der Waals surface area contributed by atoms with E-state index in [2.05, 4.69) is 15.5 Å². The van der Waals surface area contributed by atoms with Gasteiger partial charge in [0, 0.05) is 36.8 Å². The fraction of sp³-hybridized carbons (Fsp3) is 0.391. The highest BCUT2D eigenvalue weighted by molar-refractivity contribution is 7.99. The molecule has 10 heteroatoms. The minimum Gasteiger partial charge on any atom is -0.462 e. The van der Waals surface area contributed by atoms with Crippen molar-refractivity contribution >= 4 is 45.7 Å². The number of aromatic nitrogens is 3. The first kappa shape index (κ1) is 24.8. The summed E-state index contributed by atoms with van der Waals surface area (Å²) in [5, 5.41) is 12.7. The van der Waals surface area contributed by atoms with Crippen molar-refractivity contribution in [3.8, 4) is 11.4 Å². The molecule has 0 atom stereocenters. The molecular weight excluding hydrogens is 458 g/mol. The third-order valence-corrected chi connectivity index (χ3v) is 7.21. The standard InChI is InChI=1S/C23H29N5O3S2/c1-7-28-20(16-9-11-17(12-10-16)27(5)6)25-26-23(28)32-13-18(29)24-21-19(22(30)31-8-2)14(3)15(4)33-21/h9-12H,7-8,13H2,1-6H3,(H,24,29). The van der Waals surface area contributed by atoms with Gasteiger partial charge in [-0.2, -0.15) is 0 Å². The number of rotatable bonds is 9. The van der Waals surface area contributed by atoms with E-state index in [0.29, 0.717) is 22.3 Å². The molecule has 33 heavy (non-hydrogen) atoms. The van der Waals surface area contributed by atoms with E-state index < -0.39 is 5.97 Å². The minimum absolute atomic E-state index is 0.149. The molecule has 0 bridgehead atoms. The number of hydrogen-bond donors (Lipinski definition) is 1. The summed E-state index contributed by atoms with van der Waals surface area (Å²) in [5.74, 6) is 0.280. The first-order chi connectivity index (χ1) is 15.8. The van der Waals surface area contributed by atoms with E-state index in [1.165, 1.54) is 23.1 Å². The van der Waals surface area contributed by atoms with Gasteiger partial charge in [0.2, 0.25) is 5.91 Å². The summed E-state index contributed by atoms with van der Waals surface area (Å²) in [6.45, 7) is 8.52. The zero-order chi connectivity index (χ0) is 24.1. The Kier molecular flexibility index (Phi) is 8.15. The second-order valence-electron chi connectivity index (χ2n) is 7.54. The van der Waals surface area contributed by atoms with E-state index in [9.17, 15) is 9.59 Å². The smallest absolute Gasteiger partial charge is 0.341 e. The fourth-order valence-electron chi connectivity index (χ4n) is 3.26. The number of anilines is 2. The van der Waals surface area contributed by atoms with Gasteiger partial charge in [-0.3, -0.25) is 4.79 Å². The van der Waals surface area contributed by atoms with Crippen LogP contribution in [-0.2, 0) is 16.1 Å². The number of amides is 1. The van der Waals surface area contributed by atoms with Crippen molar-refractivity contribution in [3.05, 3.63) is 40.3 Å². The molecule has 8 nitrogen and oxygen atoms in total. The maximum atomic E-state index is 12.7. The number of aryl methyl sites for hydroxylation is 1. The Bertz CT molecular complexity index is 1140. The van der Waals surface area contributed by atoms with Crippen LogP contribution in [-0.4, -0.2) is 53.1 Å². The van der Waals surface area contributed by atoms with Gasteiger partial charge in [0.25, 0.3) is 0 Å². The Morgan fingerprint density at radius 3 is 2.45 bits per heavy atom. The lowest BCUT2D eigenvalue weighted by Gasteiger charge is -2.13. The molecule has 0 unspecified atom stereocenters. The number of benzene rings is 1. The lowest BCUT2D eigenvalue weighted by Crippen LogP contribution is -2.17. The third kappa shape index (κ3) is 5.56. The average molecular weight is 488 g/mol. The van der Waals surface area contributed by atoms with Crippen molar-refractivity contribution in [2.45, 2.75) is 39.4 Å². The molecule has 0 fully saturated rings. The van der Waals surface area contributed by atoms with E-state index in [4.69, 9.17) is 4.74 Å². The SMILES string of the molecule is CCOC(=O)c1c(NC(=O)CSc2nnc(-c3ccc(N(C)C)cc3)n2CC)sc(C)c1C. The van der Waals surface area contributed by atoms with Crippen molar-refractivity contribution < 1.29 is 14.3 Å².